The lowest BCUT2D eigenvalue weighted by atomic mass is 9.51. The van der Waals surface area contributed by atoms with Gasteiger partial charge in [0.15, 0.2) is 0 Å². The number of amides is 3. The minimum atomic E-state index is -0.713. The van der Waals surface area contributed by atoms with Gasteiger partial charge in [0.2, 0.25) is 0 Å². The monoisotopic (exact) mass is 399 g/mol. The standard InChI is InChI=1S/C19H33N3O6/c1-18(2,3)28-17(26)20-8-9-22(10-11-23)16(25)15(24)21-13-12-14(27-4)19(13)6-5-7-19/h13-14,23H,5-12H2,1-4H3,(H,20,26)(H,21,24). The topological polar surface area (TPSA) is 117 Å². The molecule has 3 N–H and O–H groups in total. The summed E-state index contributed by atoms with van der Waals surface area (Å²) in [5.74, 6) is -1.40. The number of hydrogen-bond donors (Lipinski definition) is 3. The number of aliphatic hydroxyl groups excluding tert-OH is 1. The molecule has 160 valence electrons. The first-order valence-corrected chi connectivity index (χ1v) is 9.83. The van der Waals surface area contributed by atoms with Crippen molar-refractivity contribution in [2.24, 2.45) is 5.41 Å². The molecule has 2 rings (SSSR count). The Labute approximate surface area is 166 Å². The van der Waals surface area contributed by atoms with Gasteiger partial charge in [-0.15, -0.1) is 0 Å². The fraction of sp³-hybridized carbons (Fsp3) is 0.842. The Morgan fingerprint density at radius 3 is 2.39 bits per heavy atom. The fourth-order valence-electron chi connectivity index (χ4n) is 3.94. The second-order valence-electron chi connectivity index (χ2n) is 8.52. The molecule has 0 radical (unpaired) electrons. The zero-order chi connectivity index (χ0) is 20.9. The van der Waals surface area contributed by atoms with Crippen molar-refractivity contribution >= 4 is 17.9 Å². The van der Waals surface area contributed by atoms with E-state index in [1.54, 1.807) is 27.9 Å². The van der Waals surface area contributed by atoms with Crippen LogP contribution in [0.4, 0.5) is 4.79 Å². The van der Waals surface area contributed by atoms with Gasteiger partial charge in [0, 0.05) is 38.2 Å². The number of nitrogens with one attached hydrogen (secondary N) is 2. The summed E-state index contributed by atoms with van der Waals surface area (Å²) in [6.07, 6.45) is 3.33. The first-order chi connectivity index (χ1) is 13.1. The fourth-order valence-corrected chi connectivity index (χ4v) is 3.94. The van der Waals surface area contributed by atoms with Crippen LogP contribution in [0.1, 0.15) is 46.5 Å². The largest absolute Gasteiger partial charge is 0.444 e. The number of aliphatic hydroxyl groups is 1. The van der Waals surface area contributed by atoms with Gasteiger partial charge in [0.05, 0.1) is 12.7 Å². The molecule has 0 bridgehead atoms. The van der Waals surface area contributed by atoms with Gasteiger partial charge < -0.3 is 30.1 Å². The number of methoxy groups -OCH3 is 1. The van der Waals surface area contributed by atoms with E-state index in [1.165, 1.54) is 4.90 Å². The third kappa shape index (κ3) is 5.14. The number of carbonyl (C=O) groups excluding carboxylic acids is 3. The molecule has 1 spiro atoms. The Balaban J connectivity index is 1.83. The lowest BCUT2D eigenvalue weighted by Crippen LogP contribution is -2.68. The summed E-state index contributed by atoms with van der Waals surface area (Å²) < 4.78 is 10.6. The van der Waals surface area contributed by atoms with Gasteiger partial charge in [-0.1, -0.05) is 6.42 Å². The summed E-state index contributed by atoms with van der Waals surface area (Å²) in [6, 6.07) is -0.0569. The van der Waals surface area contributed by atoms with Crippen LogP contribution >= 0.6 is 0 Å². The van der Waals surface area contributed by atoms with Gasteiger partial charge in [0.25, 0.3) is 0 Å². The van der Waals surface area contributed by atoms with Crippen LogP contribution in [0.25, 0.3) is 0 Å². The average molecular weight is 399 g/mol. The molecule has 2 aliphatic rings. The summed E-state index contributed by atoms with van der Waals surface area (Å²) in [5.41, 5.74) is -0.657. The molecule has 0 aromatic heterocycles. The first kappa shape index (κ1) is 22.4. The molecular weight excluding hydrogens is 366 g/mol. The number of carbonyl (C=O) groups is 3. The molecule has 0 saturated heterocycles. The maximum Gasteiger partial charge on any atom is 0.407 e. The minimum Gasteiger partial charge on any atom is -0.444 e. The molecule has 2 fully saturated rings. The van der Waals surface area contributed by atoms with Crippen molar-refractivity contribution in [3.63, 3.8) is 0 Å². The van der Waals surface area contributed by atoms with E-state index in [4.69, 9.17) is 9.47 Å². The van der Waals surface area contributed by atoms with E-state index < -0.39 is 23.5 Å². The van der Waals surface area contributed by atoms with E-state index >= 15 is 0 Å². The van der Waals surface area contributed by atoms with Crippen LogP contribution in [0.2, 0.25) is 0 Å². The summed E-state index contributed by atoms with van der Waals surface area (Å²) in [6.45, 7) is 5.21. The van der Waals surface area contributed by atoms with Crippen molar-refractivity contribution in [2.75, 3.05) is 33.4 Å². The van der Waals surface area contributed by atoms with E-state index in [1.807, 2.05) is 0 Å². The Bertz CT molecular complexity index is 585. The highest BCUT2D eigenvalue weighted by Crippen LogP contribution is 2.57. The molecular formula is C19H33N3O6. The van der Waals surface area contributed by atoms with Crippen molar-refractivity contribution in [3.8, 4) is 0 Å². The number of ether oxygens (including phenoxy) is 2. The van der Waals surface area contributed by atoms with Crippen LogP contribution in [0.5, 0.6) is 0 Å². The third-order valence-electron chi connectivity index (χ3n) is 5.56. The quantitative estimate of drug-likeness (QED) is 0.534. The molecule has 0 aromatic rings. The van der Waals surface area contributed by atoms with Crippen molar-refractivity contribution in [3.05, 3.63) is 0 Å². The smallest absolute Gasteiger partial charge is 0.407 e. The molecule has 2 atom stereocenters. The van der Waals surface area contributed by atoms with Gasteiger partial charge in [-0.25, -0.2) is 4.79 Å². The Hall–Kier alpha value is -1.87. The summed E-state index contributed by atoms with van der Waals surface area (Å²) >= 11 is 0. The first-order valence-electron chi connectivity index (χ1n) is 9.83. The van der Waals surface area contributed by atoms with Crippen LogP contribution in [-0.2, 0) is 19.1 Å². The number of alkyl carbamates (subject to hydrolysis) is 1. The molecule has 0 aliphatic heterocycles. The molecule has 28 heavy (non-hydrogen) atoms. The molecule has 9 heteroatoms. The van der Waals surface area contributed by atoms with Gasteiger partial charge in [-0.2, -0.15) is 0 Å². The highest BCUT2D eigenvalue weighted by Gasteiger charge is 2.59. The van der Waals surface area contributed by atoms with Gasteiger partial charge in [-0.3, -0.25) is 9.59 Å². The van der Waals surface area contributed by atoms with Gasteiger partial charge in [0.1, 0.15) is 5.60 Å². The third-order valence-corrected chi connectivity index (χ3v) is 5.56. The Kier molecular flexibility index (Phi) is 7.28. The lowest BCUT2D eigenvalue weighted by Gasteiger charge is -2.60. The predicted molar refractivity (Wildman–Crippen MR) is 102 cm³/mol. The number of hydrogen-bond acceptors (Lipinski definition) is 6. The van der Waals surface area contributed by atoms with Crippen LogP contribution in [-0.4, -0.2) is 79.0 Å². The highest BCUT2D eigenvalue weighted by molar-refractivity contribution is 6.35. The minimum absolute atomic E-state index is 0.0127. The SMILES string of the molecule is COC1CC(NC(=O)C(=O)N(CCO)CCNC(=O)OC(C)(C)C)C12CCC2. The van der Waals surface area contributed by atoms with E-state index in [0.29, 0.717) is 6.42 Å². The van der Waals surface area contributed by atoms with Crippen molar-refractivity contribution in [2.45, 2.75) is 64.2 Å². The van der Waals surface area contributed by atoms with E-state index in [9.17, 15) is 19.5 Å². The number of rotatable bonds is 7. The molecule has 9 nitrogen and oxygen atoms in total. The molecule has 3 amide bonds. The van der Waals surface area contributed by atoms with Crippen molar-refractivity contribution in [1.29, 1.82) is 0 Å². The molecule has 2 aliphatic carbocycles. The molecule has 2 unspecified atom stereocenters. The normalized spacial score (nSPS) is 22.6. The maximum atomic E-state index is 12.5. The Morgan fingerprint density at radius 2 is 1.89 bits per heavy atom. The highest BCUT2D eigenvalue weighted by atomic mass is 16.6. The summed E-state index contributed by atoms with van der Waals surface area (Å²) in [7, 11) is 1.68. The second kappa shape index (κ2) is 9.09. The van der Waals surface area contributed by atoms with Gasteiger partial charge >= 0.3 is 17.9 Å². The van der Waals surface area contributed by atoms with E-state index in [0.717, 1.165) is 19.3 Å². The van der Waals surface area contributed by atoms with Crippen molar-refractivity contribution in [1.82, 2.24) is 15.5 Å². The molecule has 0 aromatic carbocycles. The second-order valence-corrected chi connectivity index (χ2v) is 8.52. The molecule has 2 saturated carbocycles. The number of nitrogens with zero attached hydrogens (tertiary/aromatic N) is 1. The van der Waals surface area contributed by atoms with Crippen LogP contribution < -0.4 is 10.6 Å². The maximum absolute atomic E-state index is 12.5. The zero-order valence-electron chi connectivity index (χ0n) is 17.2. The average Bonchev–Trinajstić information content (AvgIpc) is 2.53. The van der Waals surface area contributed by atoms with Crippen LogP contribution in [0.3, 0.4) is 0 Å². The van der Waals surface area contributed by atoms with E-state index in [-0.39, 0.29) is 43.8 Å². The lowest BCUT2D eigenvalue weighted by molar-refractivity contribution is -0.169. The summed E-state index contributed by atoms with van der Waals surface area (Å²) in [4.78, 5) is 37.9. The zero-order valence-corrected chi connectivity index (χ0v) is 17.2. The van der Waals surface area contributed by atoms with Gasteiger partial charge in [-0.05, 0) is 40.0 Å². The summed E-state index contributed by atoms with van der Waals surface area (Å²) in [5, 5.41) is 14.6. The van der Waals surface area contributed by atoms with Crippen molar-refractivity contribution < 1.29 is 29.0 Å². The predicted octanol–water partition coefficient (Wildman–Crippen LogP) is 0.406. The van der Waals surface area contributed by atoms with E-state index in [2.05, 4.69) is 10.6 Å². The molecule has 0 heterocycles. The Morgan fingerprint density at radius 1 is 1.21 bits per heavy atom. The van der Waals surface area contributed by atoms with Crippen LogP contribution in [0.15, 0.2) is 0 Å². The van der Waals surface area contributed by atoms with Crippen LogP contribution in [0, 0.1) is 5.41 Å².